The number of benzene rings is 2. The molecule has 1 aromatic heterocycles. The zero-order chi connectivity index (χ0) is 22.8. The molecule has 1 amide bonds. The topological polar surface area (TPSA) is 88.2 Å². The van der Waals surface area contributed by atoms with Gasteiger partial charge >= 0.3 is 6.18 Å². The van der Waals surface area contributed by atoms with Crippen molar-refractivity contribution < 1.29 is 30.8 Å². The first-order valence-electron chi connectivity index (χ1n) is 8.66. The summed E-state index contributed by atoms with van der Waals surface area (Å²) >= 11 is 1.14. The molecule has 2 N–H and O–H groups in total. The van der Waals surface area contributed by atoms with Gasteiger partial charge in [0.05, 0.1) is 22.7 Å². The number of halogens is 4. The molecule has 31 heavy (non-hydrogen) atoms. The minimum Gasteiger partial charge on any atom is -0.301 e. The minimum atomic E-state index is -4.70. The van der Waals surface area contributed by atoms with Crippen molar-refractivity contribution in [1.82, 2.24) is 9.71 Å². The van der Waals surface area contributed by atoms with Crippen LogP contribution in [0.15, 0.2) is 53.4 Å². The first kappa shape index (κ1) is 22.8. The molecule has 6 nitrogen and oxygen atoms in total. The van der Waals surface area contributed by atoms with Gasteiger partial charge in [-0.05, 0) is 49.4 Å². The van der Waals surface area contributed by atoms with Gasteiger partial charge in [-0.1, -0.05) is 6.07 Å². The fourth-order valence-corrected chi connectivity index (χ4v) is 4.45. The number of rotatable bonds is 6. The Labute approximate surface area is 179 Å². The molecule has 0 fully saturated rings. The maximum atomic E-state index is 13.1. The van der Waals surface area contributed by atoms with Gasteiger partial charge in [0.2, 0.25) is 15.9 Å². The van der Waals surface area contributed by atoms with Gasteiger partial charge in [-0.15, -0.1) is 11.3 Å². The molecule has 1 heterocycles. The van der Waals surface area contributed by atoms with Crippen molar-refractivity contribution in [2.75, 3.05) is 11.9 Å². The average molecular weight is 473 g/mol. The number of carbonyl (C=O) groups is 1. The first-order valence-corrected chi connectivity index (χ1v) is 11.0. The second-order valence-electron chi connectivity index (χ2n) is 6.33. The van der Waals surface area contributed by atoms with Crippen molar-refractivity contribution in [3.05, 3.63) is 64.8 Å². The smallest absolute Gasteiger partial charge is 0.301 e. The molecule has 0 saturated heterocycles. The quantitative estimate of drug-likeness (QED) is 0.526. The van der Waals surface area contributed by atoms with Crippen molar-refractivity contribution >= 4 is 32.4 Å². The van der Waals surface area contributed by atoms with Crippen LogP contribution in [0, 0.1) is 12.7 Å². The molecule has 0 atom stereocenters. The molecular formula is C19H15F4N3O3S2. The number of carbonyl (C=O) groups excluding carboxylic acids is 1. The molecule has 0 aliphatic rings. The van der Waals surface area contributed by atoms with Crippen molar-refractivity contribution in [3.8, 4) is 11.3 Å². The number of aromatic nitrogens is 1. The van der Waals surface area contributed by atoms with Crippen LogP contribution in [-0.4, -0.2) is 25.9 Å². The van der Waals surface area contributed by atoms with E-state index in [4.69, 9.17) is 0 Å². The molecule has 0 radical (unpaired) electrons. The molecule has 2 aromatic carbocycles. The lowest BCUT2D eigenvalue weighted by Gasteiger charge is -2.10. The predicted octanol–water partition coefficient (Wildman–Crippen LogP) is 4.19. The third-order valence-electron chi connectivity index (χ3n) is 4.06. The van der Waals surface area contributed by atoms with E-state index >= 15 is 0 Å². The zero-order valence-electron chi connectivity index (χ0n) is 15.8. The van der Waals surface area contributed by atoms with E-state index in [1.165, 1.54) is 24.3 Å². The predicted molar refractivity (Wildman–Crippen MR) is 108 cm³/mol. The fraction of sp³-hybridized carbons (Fsp3) is 0.158. The van der Waals surface area contributed by atoms with E-state index in [0.717, 1.165) is 34.4 Å². The van der Waals surface area contributed by atoms with Crippen molar-refractivity contribution in [2.45, 2.75) is 18.0 Å². The van der Waals surface area contributed by atoms with Crippen LogP contribution in [-0.2, 0) is 21.0 Å². The van der Waals surface area contributed by atoms with E-state index in [2.05, 4.69) is 10.3 Å². The summed E-state index contributed by atoms with van der Waals surface area (Å²) < 4.78 is 77.9. The molecule has 0 bridgehead atoms. The van der Waals surface area contributed by atoms with Crippen LogP contribution in [0.5, 0.6) is 0 Å². The average Bonchev–Trinajstić information content (AvgIpc) is 3.06. The lowest BCUT2D eigenvalue weighted by atomic mass is 10.1. The number of aryl methyl sites for hydroxylation is 1. The molecule has 0 aliphatic carbocycles. The maximum Gasteiger partial charge on any atom is 0.416 e. The Bertz CT molecular complexity index is 1210. The van der Waals surface area contributed by atoms with Gasteiger partial charge in [0, 0.05) is 10.4 Å². The summed E-state index contributed by atoms with van der Waals surface area (Å²) in [5.74, 6) is -1.16. The van der Waals surface area contributed by atoms with Crippen molar-refractivity contribution in [3.63, 3.8) is 0 Å². The van der Waals surface area contributed by atoms with Crippen molar-refractivity contribution in [1.29, 1.82) is 0 Å². The summed E-state index contributed by atoms with van der Waals surface area (Å²) in [6.07, 6.45) is -4.70. The third-order valence-corrected chi connectivity index (χ3v) is 6.34. The summed E-state index contributed by atoms with van der Waals surface area (Å²) in [6.45, 7) is 1.05. The third kappa shape index (κ3) is 5.66. The van der Waals surface area contributed by atoms with E-state index in [1.54, 1.807) is 6.92 Å². The molecule has 164 valence electrons. The van der Waals surface area contributed by atoms with Crippen molar-refractivity contribution in [2.24, 2.45) is 0 Å². The van der Waals surface area contributed by atoms with E-state index in [9.17, 15) is 30.8 Å². The summed E-state index contributed by atoms with van der Waals surface area (Å²) in [4.78, 5) is 16.5. The lowest BCUT2D eigenvalue weighted by molar-refractivity contribution is -0.137. The Balaban J connectivity index is 1.66. The van der Waals surface area contributed by atoms with Crippen LogP contribution in [0.1, 0.15) is 10.4 Å². The molecule has 3 aromatic rings. The molecule has 12 heteroatoms. The van der Waals surface area contributed by atoms with Crippen LogP contribution < -0.4 is 10.0 Å². The number of hydrogen-bond acceptors (Lipinski definition) is 5. The molecule has 0 spiro atoms. The molecule has 3 rings (SSSR count). The summed E-state index contributed by atoms with van der Waals surface area (Å²) in [7, 11) is -4.34. The van der Waals surface area contributed by atoms with Gasteiger partial charge in [0.25, 0.3) is 0 Å². The highest BCUT2D eigenvalue weighted by Crippen LogP contribution is 2.31. The molecular weight excluding hydrogens is 458 g/mol. The van der Waals surface area contributed by atoms with Crippen LogP contribution in [0.4, 0.5) is 22.7 Å². The van der Waals surface area contributed by atoms with Gasteiger partial charge in [-0.3, -0.25) is 4.79 Å². The second kappa shape index (κ2) is 8.73. The van der Waals surface area contributed by atoms with Gasteiger partial charge < -0.3 is 5.32 Å². The summed E-state index contributed by atoms with van der Waals surface area (Å²) in [5, 5.41) is 2.63. The molecule has 0 saturated carbocycles. The number of hydrogen-bond donors (Lipinski definition) is 2. The highest BCUT2D eigenvalue weighted by Gasteiger charge is 2.31. The Morgan fingerprint density at radius 2 is 1.81 bits per heavy atom. The fourth-order valence-electron chi connectivity index (χ4n) is 2.57. The highest BCUT2D eigenvalue weighted by molar-refractivity contribution is 7.89. The van der Waals surface area contributed by atoms with Crippen LogP contribution in [0.25, 0.3) is 11.3 Å². The number of nitrogens with one attached hydrogen (secondary N) is 2. The zero-order valence-corrected chi connectivity index (χ0v) is 17.5. The van der Waals surface area contributed by atoms with E-state index in [0.29, 0.717) is 17.3 Å². The summed E-state index contributed by atoms with van der Waals surface area (Å²) in [6, 6.07) is 8.80. The normalized spacial score (nSPS) is 12.0. The second-order valence-corrected chi connectivity index (χ2v) is 9.30. The Kier molecular flexibility index (Phi) is 6.43. The highest BCUT2D eigenvalue weighted by atomic mass is 32.2. The number of thiazole rings is 1. The van der Waals surface area contributed by atoms with Gasteiger partial charge in [-0.25, -0.2) is 22.5 Å². The number of sulfonamides is 1. The monoisotopic (exact) mass is 473 g/mol. The standard InChI is InChI=1S/C19H15F4N3O3S2/c1-11-17(12-5-7-14(20)8-6-12)26-18(30-11)25-16(27)10-24-31(28,29)15-4-2-3-13(9-15)19(21,22)23/h2-9,24H,10H2,1H3,(H,25,26,27). The number of amides is 1. The molecule has 0 aliphatic heterocycles. The Morgan fingerprint density at radius 1 is 1.13 bits per heavy atom. The van der Waals surface area contributed by atoms with E-state index in [-0.39, 0.29) is 5.13 Å². The minimum absolute atomic E-state index is 0.195. The number of alkyl halides is 3. The van der Waals surface area contributed by atoms with Gasteiger partial charge in [0.1, 0.15) is 5.82 Å². The Hall–Kier alpha value is -2.83. The summed E-state index contributed by atoms with van der Waals surface area (Å²) in [5.41, 5.74) is 0.0529. The SMILES string of the molecule is Cc1sc(NC(=O)CNS(=O)(=O)c2cccc(C(F)(F)F)c2)nc1-c1ccc(F)cc1. The van der Waals surface area contributed by atoms with Crippen LogP contribution in [0.2, 0.25) is 0 Å². The maximum absolute atomic E-state index is 13.1. The van der Waals surface area contributed by atoms with Crippen LogP contribution >= 0.6 is 11.3 Å². The number of anilines is 1. The van der Waals surface area contributed by atoms with Crippen LogP contribution in [0.3, 0.4) is 0 Å². The van der Waals surface area contributed by atoms with E-state index < -0.39 is 44.9 Å². The van der Waals surface area contributed by atoms with Gasteiger partial charge in [0.15, 0.2) is 5.13 Å². The van der Waals surface area contributed by atoms with E-state index in [1.807, 2.05) is 4.72 Å². The Morgan fingerprint density at radius 3 is 2.45 bits per heavy atom. The van der Waals surface area contributed by atoms with Gasteiger partial charge in [-0.2, -0.15) is 13.2 Å². The number of nitrogens with zero attached hydrogens (tertiary/aromatic N) is 1. The lowest BCUT2D eigenvalue weighted by Crippen LogP contribution is -2.33. The first-order chi connectivity index (χ1) is 14.5. The molecule has 0 unspecified atom stereocenters. The largest absolute Gasteiger partial charge is 0.416 e.